The number of carboxylic acid groups (broad SMARTS) is 1. The number of halogens is 3. The summed E-state index contributed by atoms with van der Waals surface area (Å²) >= 11 is 5.73. The van der Waals surface area contributed by atoms with Gasteiger partial charge in [-0.3, -0.25) is 4.79 Å². The average Bonchev–Trinajstić information content (AvgIpc) is 2.02. The zero-order chi connectivity index (χ0) is 10.9. The van der Waals surface area contributed by atoms with Gasteiger partial charge in [0, 0.05) is 12.8 Å². The Morgan fingerprint density at radius 1 is 1.57 bits per heavy atom. The molecule has 3 nitrogen and oxygen atoms in total. The number of hydrogen-bond acceptors (Lipinski definition) is 2. The van der Waals surface area contributed by atoms with Gasteiger partial charge in [0.2, 0.25) is 0 Å². The number of carbonyl (C=O) groups is 1. The van der Waals surface area contributed by atoms with Crippen LogP contribution in [0.15, 0.2) is 0 Å². The summed E-state index contributed by atoms with van der Waals surface area (Å²) in [6.45, 7) is 0. The summed E-state index contributed by atoms with van der Waals surface area (Å²) in [5.74, 6) is -2.37. The van der Waals surface area contributed by atoms with E-state index < -0.39 is 39.1 Å². The molecule has 0 saturated heterocycles. The zero-order valence-electron chi connectivity index (χ0n) is 7.03. The van der Waals surface area contributed by atoms with Gasteiger partial charge in [-0.1, -0.05) is 0 Å². The zero-order valence-corrected chi connectivity index (χ0v) is 9.36. The Kier molecular flexibility index (Phi) is 4.30. The molecular formula is C7H9Cl2FO3S. The Morgan fingerprint density at radius 2 is 2.14 bits per heavy atom. The van der Waals surface area contributed by atoms with Gasteiger partial charge in [0.05, 0.1) is 21.7 Å². The van der Waals surface area contributed by atoms with Crippen LogP contribution in [0.1, 0.15) is 12.8 Å². The summed E-state index contributed by atoms with van der Waals surface area (Å²) in [6.07, 6.45) is -1.66. The normalized spacial score (nSPS) is 40.6. The summed E-state index contributed by atoms with van der Waals surface area (Å²) in [5.41, 5.74) is 0. The quantitative estimate of drug-likeness (QED) is 0.609. The molecule has 5 atom stereocenters. The van der Waals surface area contributed by atoms with Crippen molar-refractivity contribution >= 4 is 38.6 Å². The molecule has 14 heavy (non-hydrogen) atoms. The van der Waals surface area contributed by atoms with Gasteiger partial charge in [-0.2, -0.15) is 0 Å². The second-order valence-corrected chi connectivity index (χ2v) is 5.81. The molecule has 0 spiro atoms. The molecule has 1 N–H and O–H groups in total. The Hall–Kier alpha value is 0.290. The molecule has 0 aromatic carbocycles. The summed E-state index contributed by atoms with van der Waals surface area (Å²) in [7, 11) is 3.62. The maximum Gasteiger partial charge on any atom is 0.309 e. The van der Waals surface area contributed by atoms with E-state index >= 15 is 0 Å². The SMILES string of the molecule is O=C(O)C1CC([S+]([O-])Cl)C(Cl)CC1F. The summed E-state index contributed by atoms with van der Waals surface area (Å²) in [5, 5.41) is 7.37. The lowest BCUT2D eigenvalue weighted by Crippen LogP contribution is -2.43. The maximum absolute atomic E-state index is 13.2. The molecule has 1 saturated carbocycles. The highest BCUT2D eigenvalue weighted by Gasteiger charge is 2.45. The van der Waals surface area contributed by atoms with E-state index in [1.165, 1.54) is 0 Å². The van der Waals surface area contributed by atoms with Crippen molar-refractivity contribution in [1.82, 2.24) is 0 Å². The van der Waals surface area contributed by atoms with Gasteiger partial charge in [0.1, 0.15) is 6.17 Å². The molecular weight excluding hydrogens is 254 g/mol. The molecule has 1 aliphatic carbocycles. The minimum absolute atomic E-state index is 0.0687. The van der Waals surface area contributed by atoms with Gasteiger partial charge in [0.15, 0.2) is 15.9 Å². The lowest BCUT2D eigenvalue weighted by atomic mass is 9.87. The van der Waals surface area contributed by atoms with Gasteiger partial charge in [-0.05, 0) is 0 Å². The average molecular weight is 263 g/mol. The third-order valence-corrected chi connectivity index (χ3v) is 4.65. The standard InChI is InChI=1S/C7H9Cl2FO3S/c8-4-2-5(10)3(7(11)12)1-6(4)14(9)13/h3-6H,1-2H2,(H,11,12). The maximum atomic E-state index is 13.2. The van der Waals surface area contributed by atoms with Crippen LogP contribution in [0.4, 0.5) is 4.39 Å². The number of carboxylic acids is 1. The van der Waals surface area contributed by atoms with Crippen molar-refractivity contribution in [1.29, 1.82) is 0 Å². The summed E-state index contributed by atoms with van der Waals surface area (Å²) in [4.78, 5) is 10.6. The van der Waals surface area contributed by atoms with Crippen LogP contribution in [0.3, 0.4) is 0 Å². The highest BCUT2D eigenvalue weighted by molar-refractivity contribution is 8.14. The van der Waals surface area contributed by atoms with Crippen molar-refractivity contribution in [2.75, 3.05) is 0 Å². The highest BCUT2D eigenvalue weighted by atomic mass is 35.7. The summed E-state index contributed by atoms with van der Waals surface area (Å²) < 4.78 is 24.1. The Morgan fingerprint density at radius 3 is 2.57 bits per heavy atom. The predicted molar refractivity (Wildman–Crippen MR) is 52.7 cm³/mol. The van der Waals surface area contributed by atoms with Crippen molar-refractivity contribution in [3.63, 3.8) is 0 Å². The molecule has 0 aromatic rings. The van der Waals surface area contributed by atoms with Crippen LogP contribution in [0.5, 0.6) is 0 Å². The largest absolute Gasteiger partial charge is 0.599 e. The monoisotopic (exact) mass is 262 g/mol. The van der Waals surface area contributed by atoms with E-state index in [-0.39, 0.29) is 12.8 Å². The predicted octanol–water partition coefficient (Wildman–Crippen LogP) is 1.70. The Balaban J connectivity index is 2.70. The number of alkyl halides is 2. The minimum Gasteiger partial charge on any atom is -0.599 e. The molecule has 1 rings (SSSR count). The molecule has 0 aromatic heterocycles. The first-order chi connectivity index (χ1) is 6.43. The molecule has 1 aliphatic rings. The number of aliphatic carboxylic acids is 1. The van der Waals surface area contributed by atoms with Gasteiger partial charge in [-0.15, -0.1) is 11.6 Å². The smallest absolute Gasteiger partial charge is 0.309 e. The molecule has 0 bridgehead atoms. The van der Waals surface area contributed by atoms with Crippen LogP contribution < -0.4 is 0 Å². The third-order valence-electron chi connectivity index (χ3n) is 2.33. The van der Waals surface area contributed by atoms with Gasteiger partial charge < -0.3 is 9.66 Å². The van der Waals surface area contributed by atoms with Crippen LogP contribution in [0.25, 0.3) is 0 Å². The lowest BCUT2D eigenvalue weighted by Gasteiger charge is -2.31. The molecule has 82 valence electrons. The van der Waals surface area contributed by atoms with E-state index in [0.29, 0.717) is 0 Å². The number of hydrogen-bond donors (Lipinski definition) is 1. The Bertz CT molecular complexity index is 229. The molecule has 0 amide bonds. The molecule has 0 aliphatic heterocycles. The lowest BCUT2D eigenvalue weighted by molar-refractivity contribution is -0.145. The van der Waals surface area contributed by atoms with Gasteiger partial charge in [-0.25, -0.2) is 4.39 Å². The second kappa shape index (κ2) is 4.88. The van der Waals surface area contributed by atoms with E-state index in [2.05, 4.69) is 0 Å². The van der Waals surface area contributed by atoms with E-state index in [1.54, 1.807) is 0 Å². The number of rotatable bonds is 2. The first-order valence-corrected chi connectivity index (χ1v) is 6.48. The van der Waals surface area contributed by atoms with Crippen molar-refractivity contribution in [3.8, 4) is 0 Å². The van der Waals surface area contributed by atoms with Crippen LogP contribution in [0, 0.1) is 5.92 Å². The van der Waals surface area contributed by atoms with Crippen LogP contribution in [0.2, 0.25) is 0 Å². The van der Waals surface area contributed by atoms with E-state index in [4.69, 9.17) is 27.4 Å². The van der Waals surface area contributed by atoms with E-state index in [1.807, 2.05) is 0 Å². The van der Waals surface area contributed by atoms with Crippen molar-refractivity contribution in [2.24, 2.45) is 5.92 Å². The van der Waals surface area contributed by atoms with Crippen molar-refractivity contribution in [3.05, 3.63) is 0 Å². The first-order valence-electron chi connectivity index (χ1n) is 4.01. The summed E-state index contributed by atoms with van der Waals surface area (Å²) in [6, 6.07) is 0. The highest BCUT2D eigenvalue weighted by Crippen LogP contribution is 2.35. The van der Waals surface area contributed by atoms with E-state index in [9.17, 15) is 13.7 Å². The molecule has 1 fully saturated rings. The van der Waals surface area contributed by atoms with Gasteiger partial charge >= 0.3 is 5.97 Å². The molecule has 0 heterocycles. The Labute approximate surface area is 93.2 Å². The topological polar surface area (TPSA) is 60.4 Å². The van der Waals surface area contributed by atoms with Gasteiger partial charge in [0.25, 0.3) is 0 Å². The fraction of sp³-hybridized carbons (Fsp3) is 0.857. The van der Waals surface area contributed by atoms with Crippen LogP contribution >= 0.6 is 22.3 Å². The fourth-order valence-electron chi connectivity index (χ4n) is 1.52. The minimum atomic E-state index is -1.72. The van der Waals surface area contributed by atoms with Crippen molar-refractivity contribution in [2.45, 2.75) is 29.6 Å². The molecule has 5 unspecified atom stereocenters. The third kappa shape index (κ3) is 2.66. The fourth-order valence-corrected chi connectivity index (χ4v) is 3.53. The molecule has 7 heteroatoms. The first kappa shape index (κ1) is 12.4. The van der Waals surface area contributed by atoms with Crippen LogP contribution in [-0.2, 0) is 15.2 Å². The molecule has 0 radical (unpaired) electrons. The second-order valence-electron chi connectivity index (χ2n) is 3.23. The van der Waals surface area contributed by atoms with Crippen LogP contribution in [-0.4, -0.2) is 32.4 Å². The van der Waals surface area contributed by atoms with Crippen molar-refractivity contribution < 1.29 is 18.8 Å². The van der Waals surface area contributed by atoms with E-state index in [0.717, 1.165) is 0 Å².